The van der Waals surface area contributed by atoms with Crippen molar-refractivity contribution in [3.05, 3.63) is 70.0 Å². The molecule has 0 amide bonds. The number of carboxylic acids is 1. The summed E-state index contributed by atoms with van der Waals surface area (Å²) in [5, 5.41) is 19.6. The lowest BCUT2D eigenvalue weighted by atomic mass is 10.0. The van der Waals surface area contributed by atoms with Gasteiger partial charge in [0.2, 0.25) is 0 Å². The normalized spacial score (nSPS) is 20.3. The molecular formula is C30H27N5O5. The molecule has 0 saturated carbocycles. The van der Waals surface area contributed by atoms with E-state index in [-0.39, 0.29) is 5.56 Å². The molecule has 0 radical (unpaired) electrons. The molecule has 0 spiro atoms. The molecule has 2 unspecified atom stereocenters. The monoisotopic (exact) mass is 537 g/mol. The Morgan fingerprint density at radius 1 is 1.02 bits per heavy atom. The van der Waals surface area contributed by atoms with E-state index in [1.165, 1.54) is 12.3 Å². The van der Waals surface area contributed by atoms with Gasteiger partial charge in [0, 0.05) is 67.6 Å². The number of hydrogen-bond donors (Lipinski definition) is 1. The molecule has 202 valence electrons. The van der Waals surface area contributed by atoms with Gasteiger partial charge in [0.15, 0.2) is 11.0 Å². The van der Waals surface area contributed by atoms with E-state index in [0.29, 0.717) is 51.5 Å². The number of benzene rings is 2. The number of anilines is 2. The minimum absolute atomic E-state index is 0.345. The summed E-state index contributed by atoms with van der Waals surface area (Å²) in [5.41, 5.74) is 3.41. The van der Waals surface area contributed by atoms with Gasteiger partial charge in [-0.15, -0.1) is 0 Å². The van der Waals surface area contributed by atoms with Gasteiger partial charge < -0.3 is 28.6 Å². The standard InChI is InChI=1S/C30H27N5O5/c31-12-19-9-18(3-6-25(19)33-7-1-2-8-33)26-11-27(36)23(29(37)38)15-35(26)22-4-5-24-28(10-22)40-30(32-24)34-13-20-16-39-17-21(20)14-34/h3-6,9-11,15,20-21H,1-2,7-8,13-14,16-17H2,(H,37,38). The van der Waals surface area contributed by atoms with Gasteiger partial charge in [-0.3, -0.25) is 4.79 Å². The molecule has 3 fully saturated rings. The molecule has 2 atom stereocenters. The second-order valence-electron chi connectivity index (χ2n) is 10.8. The average Bonchev–Trinajstić information content (AvgIpc) is 3.75. The van der Waals surface area contributed by atoms with Crippen LogP contribution in [0.4, 0.5) is 11.7 Å². The first-order chi connectivity index (χ1) is 19.5. The van der Waals surface area contributed by atoms with Gasteiger partial charge in [0.1, 0.15) is 17.1 Å². The molecule has 1 N–H and O–H groups in total. The van der Waals surface area contributed by atoms with Crippen LogP contribution in [0.15, 0.2) is 57.9 Å². The van der Waals surface area contributed by atoms with Crippen LogP contribution >= 0.6 is 0 Å². The number of carboxylic acid groups (broad SMARTS) is 1. The van der Waals surface area contributed by atoms with Gasteiger partial charge >= 0.3 is 5.97 Å². The second kappa shape index (κ2) is 9.54. The number of fused-ring (bicyclic) bond motifs is 2. The second-order valence-corrected chi connectivity index (χ2v) is 10.8. The molecule has 10 nitrogen and oxygen atoms in total. The van der Waals surface area contributed by atoms with Crippen LogP contribution in [0.2, 0.25) is 0 Å². The maximum absolute atomic E-state index is 12.8. The van der Waals surface area contributed by atoms with Crippen molar-refractivity contribution < 1.29 is 19.1 Å². The van der Waals surface area contributed by atoms with Gasteiger partial charge in [-0.2, -0.15) is 10.2 Å². The number of ether oxygens (including phenoxy) is 1. The Morgan fingerprint density at radius 3 is 2.52 bits per heavy atom. The quantitative estimate of drug-likeness (QED) is 0.403. The van der Waals surface area contributed by atoms with Crippen molar-refractivity contribution in [1.82, 2.24) is 9.55 Å². The summed E-state index contributed by atoms with van der Waals surface area (Å²) in [6.45, 7) is 5.00. The molecular weight excluding hydrogens is 510 g/mol. The molecule has 4 aromatic rings. The Kier molecular flexibility index (Phi) is 5.82. The first kappa shape index (κ1) is 24.4. The van der Waals surface area contributed by atoms with E-state index < -0.39 is 11.4 Å². The molecule has 3 aliphatic heterocycles. The zero-order valence-corrected chi connectivity index (χ0v) is 21.7. The van der Waals surface area contributed by atoms with Gasteiger partial charge in [-0.1, -0.05) is 6.07 Å². The van der Waals surface area contributed by atoms with Crippen molar-refractivity contribution >= 4 is 28.8 Å². The number of rotatable bonds is 5. The van der Waals surface area contributed by atoms with Crippen molar-refractivity contribution in [2.24, 2.45) is 11.8 Å². The van der Waals surface area contributed by atoms with Crippen LogP contribution in [0.25, 0.3) is 28.0 Å². The SMILES string of the molecule is N#Cc1cc(-c2cc(=O)c(C(=O)O)cn2-c2ccc3nc(N4CC5COCC5C4)oc3c2)ccc1N1CCCC1. The van der Waals surface area contributed by atoms with E-state index in [1.54, 1.807) is 16.7 Å². The summed E-state index contributed by atoms with van der Waals surface area (Å²) in [5.74, 6) is -0.336. The summed E-state index contributed by atoms with van der Waals surface area (Å²) in [6, 6.07) is 15.2. The molecule has 40 heavy (non-hydrogen) atoms. The van der Waals surface area contributed by atoms with Gasteiger partial charge in [0.05, 0.1) is 30.2 Å². The molecule has 2 aromatic heterocycles. The lowest BCUT2D eigenvalue weighted by molar-refractivity contribution is 0.0695. The van der Waals surface area contributed by atoms with Crippen LogP contribution in [-0.2, 0) is 4.74 Å². The highest BCUT2D eigenvalue weighted by atomic mass is 16.5. The minimum atomic E-state index is -1.31. The van der Waals surface area contributed by atoms with Crippen molar-refractivity contribution in [2.45, 2.75) is 12.8 Å². The van der Waals surface area contributed by atoms with E-state index in [2.05, 4.69) is 15.9 Å². The van der Waals surface area contributed by atoms with Crippen LogP contribution in [-0.4, -0.2) is 60.0 Å². The van der Waals surface area contributed by atoms with E-state index in [9.17, 15) is 20.0 Å². The summed E-state index contributed by atoms with van der Waals surface area (Å²) in [6.07, 6.45) is 3.50. The molecule has 3 aliphatic rings. The largest absolute Gasteiger partial charge is 0.477 e. The molecule has 5 heterocycles. The van der Waals surface area contributed by atoms with E-state index >= 15 is 0 Å². The predicted molar refractivity (Wildman–Crippen MR) is 148 cm³/mol. The van der Waals surface area contributed by atoms with Crippen molar-refractivity contribution in [3.63, 3.8) is 0 Å². The number of aromatic carboxylic acids is 1. The zero-order valence-electron chi connectivity index (χ0n) is 21.7. The van der Waals surface area contributed by atoms with Gasteiger partial charge in [-0.25, -0.2) is 4.79 Å². The van der Waals surface area contributed by atoms with Crippen LogP contribution in [0.1, 0.15) is 28.8 Å². The summed E-state index contributed by atoms with van der Waals surface area (Å²) < 4.78 is 13.4. The maximum Gasteiger partial charge on any atom is 0.341 e. The van der Waals surface area contributed by atoms with E-state index in [4.69, 9.17) is 14.1 Å². The van der Waals surface area contributed by atoms with Crippen LogP contribution in [0, 0.1) is 23.2 Å². The maximum atomic E-state index is 12.8. The fraction of sp³-hybridized carbons (Fsp3) is 0.333. The highest BCUT2D eigenvalue weighted by Crippen LogP contribution is 2.35. The highest BCUT2D eigenvalue weighted by molar-refractivity contribution is 5.88. The number of hydrogen-bond acceptors (Lipinski definition) is 8. The fourth-order valence-electron chi connectivity index (χ4n) is 6.18. The Hall–Kier alpha value is -4.62. The first-order valence-corrected chi connectivity index (χ1v) is 13.5. The van der Waals surface area contributed by atoms with E-state index in [1.807, 2.05) is 24.3 Å². The summed E-state index contributed by atoms with van der Waals surface area (Å²) in [4.78, 5) is 33.7. The Balaban J connectivity index is 1.31. The average molecular weight is 538 g/mol. The third-order valence-corrected chi connectivity index (χ3v) is 8.29. The number of aromatic nitrogens is 2. The van der Waals surface area contributed by atoms with Crippen LogP contribution < -0.4 is 15.2 Å². The number of pyridine rings is 1. The molecule has 0 bridgehead atoms. The van der Waals surface area contributed by atoms with Crippen LogP contribution in [0.5, 0.6) is 0 Å². The molecule has 7 rings (SSSR count). The zero-order chi connectivity index (χ0) is 27.4. The minimum Gasteiger partial charge on any atom is -0.477 e. The first-order valence-electron chi connectivity index (χ1n) is 13.5. The number of nitrogens with zero attached hydrogens (tertiary/aromatic N) is 5. The summed E-state index contributed by atoms with van der Waals surface area (Å²) in [7, 11) is 0. The lowest BCUT2D eigenvalue weighted by Crippen LogP contribution is -2.22. The number of carbonyl (C=O) groups is 1. The highest BCUT2D eigenvalue weighted by Gasteiger charge is 2.38. The van der Waals surface area contributed by atoms with Crippen molar-refractivity contribution in [3.8, 4) is 23.0 Å². The van der Waals surface area contributed by atoms with E-state index in [0.717, 1.165) is 57.9 Å². The number of nitriles is 1. The van der Waals surface area contributed by atoms with Crippen LogP contribution in [0.3, 0.4) is 0 Å². The topological polar surface area (TPSA) is 125 Å². The number of oxazole rings is 1. The Bertz CT molecular complexity index is 1730. The molecule has 10 heteroatoms. The molecule has 0 aliphatic carbocycles. The predicted octanol–water partition coefficient (Wildman–Crippen LogP) is 3.90. The smallest absolute Gasteiger partial charge is 0.341 e. The third-order valence-electron chi connectivity index (χ3n) is 8.29. The lowest BCUT2D eigenvalue weighted by Gasteiger charge is -2.20. The molecule has 3 saturated heterocycles. The van der Waals surface area contributed by atoms with Crippen molar-refractivity contribution in [2.75, 3.05) is 49.2 Å². The van der Waals surface area contributed by atoms with Gasteiger partial charge in [-0.05, 0) is 37.1 Å². The Morgan fingerprint density at radius 2 is 1.80 bits per heavy atom. The molecule has 2 aromatic carbocycles. The van der Waals surface area contributed by atoms with Gasteiger partial charge in [0.25, 0.3) is 6.01 Å². The Labute approximate surface area is 229 Å². The third kappa shape index (κ3) is 4.10. The summed E-state index contributed by atoms with van der Waals surface area (Å²) >= 11 is 0. The fourth-order valence-corrected chi connectivity index (χ4v) is 6.18. The van der Waals surface area contributed by atoms with Crippen molar-refractivity contribution in [1.29, 1.82) is 5.26 Å².